The standard InChI is InChI=1S/C23H21BrN4O5S/c1-15-5-10-19(33-15)14-28(13-18-4-3-11-32-18)20-12-25-23(34(2,30)31)27-21(20)22(29)26-17-8-6-16(24)7-9-17/h3-12H,13-14H2,1-2H3,(H,26,29). The third-order valence-electron chi connectivity index (χ3n) is 4.81. The van der Waals surface area contributed by atoms with E-state index in [1.807, 2.05) is 19.1 Å². The second-order valence-corrected chi connectivity index (χ2v) is 10.4. The molecule has 1 amide bonds. The molecule has 0 fully saturated rings. The molecule has 0 aliphatic rings. The molecule has 9 nitrogen and oxygen atoms in total. The first-order chi connectivity index (χ1) is 16.2. The summed E-state index contributed by atoms with van der Waals surface area (Å²) in [4.78, 5) is 23.2. The number of hydrogen-bond acceptors (Lipinski definition) is 8. The minimum absolute atomic E-state index is 0.0897. The lowest BCUT2D eigenvalue weighted by Gasteiger charge is -2.24. The van der Waals surface area contributed by atoms with E-state index in [0.29, 0.717) is 22.9 Å². The smallest absolute Gasteiger partial charge is 0.276 e. The van der Waals surface area contributed by atoms with Crippen LogP contribution in [-0.2, 0) is 22.9 Å². The molecule has 0 saturated heterocycles. The first-order valence-corrected chi connectivity index (χ1v) is 12.8. The molecule has 0 radical (unpaired) electrons. The van der Waals surface area contributed by atoms with Gasteiger partial charge in [0, 0.05) is 16.4 Å². The highest BCUT2D eigenvalue weighted by molar-refractivity contribution is 9.10. The quantitative estimate of drug-likeness (QED) is 0.320. The predicted octanol–water partition coefficient (Wildman–Crippen LogP) is 4.60. The van der Waals surface area contributed by atoms with Gasteiger partial charge in [0.15, 0.2) is 5.69 Å². The third kappa shape index (κ3) is 5.72. The van der Waals surface area contributed by atoms with E-state index in [-0.39, 0.29) is 18.8 Å². The number of carbonyl (C=O) groups is 1. The van der Waals surface area contributed by atoms with Gasteiger partial charge >= 0.3 is 0 Å². The summed E-state index contributed by atoms with van der Waals surface area (Å²) in [6.07, 6.45) is 3.87. The van der Waals surface area contributed by atoms with Crippen molar-refractivity contribution < 1.29 is 22.0 Å². The van der Waals surface area contributed by atoms with Crippen LogP contribution in [-0.4, -0.2) is 30.5 Å². The van der Waals surface area contributed by atoms with Crippen LogP contribution in [0.15, 0.2) is 79.5 Å². The summed E-state index contributed by atoms with van der Waals surface area (Å²) in [6, 6.07) is 14.2. The van der Waals surface area contributed by atoms with Crippen molar-refractivity contribution in [3.05, 3.63) is 88.4 Å². The highest BCUT2D eigenvalue weighted by Crippen LogP contribution is 2.26. The molecule has 34 heavy (non-hydrogen) atoms. The number of halogens is 1. The van der Waals surface area contributed by atoms with Gasteiger partial charge in [-0.05, 0) is 55.5 Å². The first-order valence-electron chi connectivity index (χ1n) is 10.2. The summed E-state index contributed by atoms with van der Waals surface area (Å²) in [5.41, 5.74) is 0.763. The molecule has 1 aromatic carbocycles. The number of rotatable bonds is 8. The minimum atomic E-state index is -3.75. The van der Waals surface area contributed by atoms with E-state index in [1.54, 1.807) is 47.6 Å². The monoisotopic (exact) mass is 544 g/mol. The Hall–Kier alpha value is -3.44. The van der Waals surface area contributed by atoms with Crippen molar-refractivity contribution in [2.24, 2.45) is 0 Å². The lowest BCUT2D eigenvalue weighted by molar-refractivity contribution is 0.102. The van der Waals surface area contributed by atoms with Crippen LogP contribution in [0.1, 0.15) is 27.8 Å². The van der Waals surface area contributed by atoms with Gasteiger partial charge in [-0.1, -0.05) is 15.9 Å². The summed E-state index contributed by atoms with van der Waals surface area (Å²) < 4.78 is 36.3. The summed E-state index contributed by atoms with van der Waals surface area (Å²) in [5.74, 6) is 1.44. The summed E-state index contributed by atoms with van der Waals surface area (Å²) in [6.45, 7) is 2.38. The molecule has 0 spiro atoms. The van der Waals surface area contributed by atoms with E-state index in [9.17, 15) is 13.2 Å². The van der Waals surface area contributed by atoms with Gasteiger partial charge in [-0.3, -0.25) is 4.79 Å². The molecule has 0 aliphatic heterocycles. The van der Waals surface area contributed by atoms with Crippen LogP contribution >= 0.6 is 15.9 Å². The van der Waals surface area contributed by atoms with Crippen molar-refractivity contribution in [1.29, 1.82) is 0 Å². The van der Waals surface area contributed by atoms with Crippen molar-refractivity contribution in [2.75, 3.05) is 16.5 Å². The molecule has 0 saturated carbocycles. The molecule has 0 unspecified atom stereocenters. The fourth-order valence-electron chi connectivity index (χ4n) is 3.24. The van der Waals surface area contributed by atoms with Gasteiger partial charge in [-0.15, -0.1) is 0 Å². The second kappa shape index (κ2) is 9.82. The van der Waals surface area contributed by atoms with E-state index in [1.165, 1.54) is 6.20 Å². The van der Waals surface area contributed by atoms with Gasteiger partial charge in [0.05, 0.1) is 31.2 Å². The van der Waals surface area contributed by atoms with Crippen LogP contribution in [0.5, 0.6) is 0 Å². The molecule has 3 heterocycles. The molecule has 11 heteroatoms. The molecular weight excluding hydrogens is 524 g/mol. The van der Waals surface area contributed by atoms with Gasteiger partial charge in [-0.2, -0.15) is 0 Å². The van der Waals surface area contributed by atoms with E-state index in [4.69, 9.17) is 8.83 Å². The number of nitrogens with one attached hydrogen (secondary N) is 1. The topological polar surface area (TPSA) is 119 Å². The summed E-state index contributed by atoms with van der Waals surface area (Å²) >= 11 is 3.36. The van der Waals surface area contributed by atoms with Crippen molar-refractivity contribution >= 4 is 43.0 Å². The van der Waals surface area contributed by atoms with Crippen molar-refractivity contribution in [3.63, 3.8) is 0 Å². The Morgan fingerprint density at radius 1 is 1.09 bits per heavy atom. The van der Waals surface area contributed by atoms with E-state index >= 15 is 0 Å². The van der Waals surface area contributed by atoms with Gasteiger partial charge < -0.3 is 19.1 Å². The van der Waals surface area contributed by atoms with E-state index < -0.39 is 20.9 Å². The molecule has 1 N–H and O–H groups in total. The number of aryl methyl sites for hydroxylation is 1. The molecular formula is C23H21BrN4O5S. The second-order valence-electron chi connectivity index (χ2n) is 7.57. The van der Waals surface area contributed by atoms with Crippen LogP contribution < -0.4 is 10.2 Å². The number of nitrogens with zero attached hydrogens (tertiary/aromatic N) is 3. The van der Waals surface area contributed by atoms with Crippen LogP contribution in [0.3, 0.4) is 0 Å². The van der Waals surface area contributed by atoms with Crippen LogP contribution in [0.2, 0.25) is 0 Å². The van der Waals surface area contributed by atoms with Crippen LogP contribution in [0.4, 0.5) is 11.4 Å². The number of amides is 1. The number of benzene rings is 1. The summed E-state index contributed by atoms with van der Waals surface area (Å²) in [7, 11) is -3.75. The lowest BCUT2D eigenvalue weighted by atomic mass is 10.2. The third-order valence-corrected chi connectivity index (χ3v) is 6.20. The molecule has 0 atom stereocenters. The highest BCUT2D eigenvalue weighted by atomic mass is 79.9. The average molecular weight is 545 g/mol. The van der Waals surface area contributed by atoms with Crippen molar-refractivity contribution in [2.45, 2.75) is 25.2 Å². The fraction of sp³-hybridized carbons (Fsp3) is 0.174. The number of anilines is 2. The predicted molar refractivity (Wildman–Crippen MR) is 129 cm³/mol. The molecule has 176 valence electrons. The number of carbonyl (C=O) groups excluding carboxylic acids is 1. The number of sulfone groups is 1. The first kappa shape index (κ1) is 23.7. The summed E-state index contributed by atoms with van der Waals surface area (Å²) in [5, 5.41) is 2.33. The molecule has 4 rings (SSSR count). The van der Waals surface area contributed by atoms with Crippen LogP contribution in [0.25, 0.3) is 0 Å². The number of furan rings is 2. The Kier molecular flexibility index (Phi) is 6.85. The zero-order chi connectivity index (χ0) is 24.3. The van der Waals surface area contributed by atoms with Crippen molar-refractivity contribution in [3.8, 4) is 0 Å². The minimum Gasteiger partial charge on any atom is -0.467 e. The molecule has 0 aliphatic carbocycles. The Balaban J connectivity index is 1.77. The molecule has 3 aromatic heterocycles. The SMILES string of the molecule is Cc1ccc(CN(Cc2ccco2)c2cnc(S(C)(=O)=O)nc2C(=O)Nc2ccc(Br)cc2)o1. The van der Waals surface area contributed by atoms with Crippen molar-refractivity contribution in [1.82, 2.24) is 9.97 Å². The number of aromatic nitrogens is 2. The normalized spacial score (nSPS) is 11.4. The maximum absolute atomic E-state index is 13.3. The van der Waals surface area contributed by atoms with Crippen LogP contribution in [0, 0.1) is 6.92 Å². The van der Waals surface area contributed by atoms with Gasteiger partial charge in [0.1, 0.15) is 17.3 Å². The molecule has 4 aromatic rings. The van der Waals surface area contributed by atoms with E-state index in [0.717, 1.165) is 16.5 Å². The number of hydrogen-bond donors (Lipinski definition) is 1. The Labute approximate surface area is 204 Å². The Morgan fingerprint density at radius 3 is 2.44 bits per heavy atom. The van der Waals surface area contributed by atoms with Gasteiger partial charge in [0.25, 0.3) is 5.91 Å². The Bertz CT molecular complexity index is 1400. The Morgan fingerprint density at radius 2 is 1.82 bits per heavy atom. The fourth-order valence-corrected chi connectivity index (χ4v) is 4.00. The maximum atomic E-state index is 13.3. The van der Waals surface area contributed by atoms with Gasteiger partial charge in [0.2, 0.25) is 15.0 Å². The van der Waals surface area contributed by atoms with Gasteiger partial charge in [-0.25, -0.2) is 18.4 Å². The average Bonchev–Trinajstić information content (AvgIpc) is 3.45. The lowest BCUT2D eigenvalue weighted by Crippen LogP contribution is -2.27. The maximum Gasteiger partial charge on any atom is 0.276 e. The highest BCUT2D eigenvalue weighted by Gasteiger charge is 2.25. The zero-order valence-electron chi connectivity index (χ0n) is 18.4. The van der Waals surface area contributed by atoms with E-state index in [2.05, 4.69) is 31.2 Å². The largest absolute Gasteiger partial charge is 0.467 e. The molecule has 0 bridgehead atoms. The zero-order valence-corrected chi connectivity index (χ0v) is 20.8.